The van der Waals surface area contributed by atoms with Crippen molar-refractivity contribution in [2.45, 2.75) is 52.2 Å². The molecule has 1 aromatic rings. The number of rotatable bonds is 7. The summed E-state index contributed by atoms with van der Waals surface area (Å²) >= 11 is 0. The second kappa shape index (κ2) is 9.57. The Hall–Kier alpha value is -2.08. The Bertz CT molecular complexity index is 610. The highest BCUT2D eigenvalue weighted by Gasteiger charge is 2.29. The smallest absolute Gasteiger partial charge is 0.237 e. The molecule has 1 atom stereocenters. The summed E-state index contributed by atoms with van der Waals surface area (Å²) in [6, 6.07) is 7.63. The van der Waals surface area contributed by atoms with Gasteiger partial charge in [0.1, 0.15) is 5.75 Å². The number of hydrogen-bond donors (Lipinski definition) is 2. The van der Waals surface area contributed by atoms with Crippen LogP contribution in [0.3, 0.4) is 0 Å². The molecule has 2 amide bonds. The largest absolute Gasteiger partial charge is 0.496 e. The van der Waals surface area contributed by atoms with E-state index in [4.69, 9.17) is 4.74 Å². The van der Waals surface area contributed by atoms with E-state index in [1.807, 2.05) is 45.0 Å². The van der Waals surface area contributed by atoms with E-state index in [0.717, 1.165) is 37.2 Å². The van der Waals surface area contributed by atoms with Crippen LogP contribution in [0.5, 0.6) is 5.75 Å². The van der Waals surface area contributed by atoms with Crippen molar-refractivity contribution in [2.75, 3.05) is 20.2 Å². The van der Waals surface area contributed by atoms with E-state index >= 15 is 0 Å². The second-order valence-corrected chi connectivity index (χ2v) is 7.18. The van der Waals surface area contributed by atoms with Gasteiger partial charge in [-0.05, 0) is 52.8 Å². The van der Waals surface area contributed by atoms with Crippen molar-refractivity contribution < 1.29 is 14.3 Å². The van der Waals surface area contributed by atoms with Crippen LogP contribution in [0.15, 0.2) is 24.3 Å². The molecule has 1 fully saturated rings. The fourth-order valence-electron chi connectivity index (χ4n) is 3.30. The van der Waals surface area contributed by atoms with Crippen molar-refractivity contribution in [3.8, 4) is 5.75 Å². The summed E-state index contributed by atoms with van der Waals surface area (Å²) in [4.78, 5) is 26.8. The van der Waals surface area contributed by atoms with Crippen LogP contribution in [0.2, 0.25) is 0 Å². The average Bonchev–Trinajstić information content (AvgIpc) is 2.65. The topological polar surface area (TPSA) is 70.7 Å². The average molecular weight is 361 g/mol. The van der Waals surface area contributed by atoms with Gasteiger partial charge in [0.15, 0.2) is 0 Å². The van der Waals surface area contributed by atoms with Crippen molar-refractivity contribution in [1.82, 2.24) is 15.5 Å². The van der Waals surface area contributed by atoms with Crippen molar-refractivity contribution in [3.63, 3.8) is 0 Å². The number of para-hydroxylation sites is 1. The number of carbonyl (C=O) groups excluding carboxylic acids is 2. The van der Waals surface area contributed by atoms with E-state index < -0.39 is 0 Å². The zero-order valence-electron chi connectivity index (χ0n) is 16.2. The molecule has 1 aromatic carbocycles. The van der Waals surface area contributed by atoms with Crippen molar-refractivity contribution in [2.24, 2.45) is 5.92 Å². The van der Waals surface area contributed by atoms with Gasteiger partial charge >= 0.3 is 0 Å². The van der Waals surface area contributed by atoms with Crippen LogP contribution in [-0.2, 0) is 16.1 Å². The van der Waals surface area contributed by atoms with Gasteiger partial charge < -0.3 is 15.4 Å². The fraction of sp³-hybridized carbons (Fsp3) is 0.600. The van der Waals surface area contributed by atoms with Gasteiger partial charge in [0.25, 0.3) is 0 Å². The molecule has 0 saturated carbocycles. The molecule has 1 aliphatic rings. The maximum absolute atomic E-state index is 12.5. The number of nitrogens with zero attached hydrogens (tertiary/aromatic N) is 1. The highest BCUT2D eigenvalue weighted by Crippen LogP contribution is 2.20. The zero-order valence-corrected chi connectivity index (χ0v) is 16.2. The van der Waals surface area contributed by atoms with Crippen LogP contribution in [0, 0.1) is 5.92 Å². The Balaban J connectivity index is 1.81. The van der Waals surface area contributed by atoms with Gasteiger partial charge in [-0.2, -0.15) is 0 Å². The zero-order chi connectivity index (χ0) is 19.1. The quantitative estimate of drug-likeness (QED) is 0.779. The lowest BCUT2D eigenvalue weighted by Crippen LogP contribution is -2.50. The Morgan fingerprint density at radius 3 is 2.46 bits per heavy atom. The number of benzene rings is 1. The molecule has 1 saturated heterocycles. The fourth-order valence-corrected chi connectivity index (χ4v) is 3.30. The third-order valence-corrected chi connectivity index (χ3v) is 4.90. The number of nitrogens with one attached hydrogen (secondary N) is 2. The van der Waals surface area contributed by atoms with Gasteiger partial charge in [-0.3, -0.25) is 14.5 Å². The molecular weight excluding hydrogens is 330 g/mol. The first-order valence-electron chi connectivity index (χ1n) is 9.36. The van der Waals surface area contributed by atoms with Gasteiger partial charge in [-0.1, -0.05) is 18.2 Å². The minimum atomic E-state index is -0.209. The first-order valence-corrected chi connectivity index (χ1v) is 9.36. The number of methoxy groups -OCH3 is 1. The Labute approximate surface area is 156 Å². The summed E-state index contributed by atoms with van der Waals surface area (Å²) in [6.45, 7) is 7.84. The van der Waals surface area contributed by atoms with E-state index in [1.54, 1.807) is 7.11 Å². The number of likely N-dealkylation sites (tertiary alicyclic amines) is 1. The van der Waals surface area contributed by atoms with Crippen molar-refractivity contribution in [3.05, 3.63) is 29.8 Å². The monoisotopic (exact) mass is 361 g/mol. The van der Waals surface area contributed by atoms with Crippen molar-refractivity contribution >= 4 is 11.8 Å². The Kier molecular flexibility index (Phi) is 7.45. The van der Waals surface area contributed by atoms with Gasteiger partial charge in [0.05, 0.1) is 13.2 Å². The number of ether oxygens (including phenoxy) is 1. The van der Waals surface area contributed by atoms with Gasteiger partial charge in [-0.15, -0.1) is 0 Å². The van der Waals surface area contributed by atoms with Gasteiger partial charge in [0.2, 0.25) is 11.8 Å². The maximum atomic E-state index is 12.5. The summed E-state index contributed by atoms with van der Waals surface area (Å²) in [5.74, 6) is 0.962. The van der Waals surface area contributed by atoms with Crippen molar-refractivity contribution in [1.29, 1.82) is 0 Å². The number of hydrogen-bond acceptors (Lipinski definition) is 4. The van der Waals surface area contributed by atoms with E-state index in [9.17, 15) is 9.59 Å². The lowest BCUT2D eigenvalue weighted by molar-refractivity contribution is -0.129. The van der Waals surface area contributed by atoms with Gasteiger partial charge in [-0.25, -0.2) is 0 Å². The van der Waals surface area contributed by atoms with E-state index in [0.29, 0.717) is 6.54 Å². The predicted molar refractivity (Wildman–Crippen MR) is 102 cm³/mol. The molecule has 0 bridgehead atoms. The molecule has 6 nitrogen and oxygen atoms in total. The maximum Gasteiger partial charge on any atom is 0.237 e. The highest BCUT2D eigenvalue weighted by molar-refractivity contribution is 5.81. The van der Waals surface area contributed by atoms with E-state index in [1.165, 1.54) is 0 Å². The molecule has 1 heterocycles. The minimum absolute atomic E-state index is 0.000915. The predicted octanol–water partition coefficient (Wildman–Crippen LogP) is 1.94. The van der Waals surface area contributed by atoms with Crippen LogP contribution >= 0.6 is 0 Å². The summed E-state index contributed by atoms with van der Waals surface area (Å²) in [7, 11) is 1.63. The molecule has 0 radical (unpaired) electrons. The molecule has 1 unspecified atom stereocenters. The van der Waals surface area contributed by atoms with E-state index in [2.05, 4.69) is 15.5 Å². The number of piperidine rings is 1. The summed E-state index contributed by atoms with van der Waals surface area (Å²) < 4.78 is 5.32. The normalized spacial score (nSPS) is 17.0. The highest BCUT2D eigenvalue weighted by atomic mass is 16.5. The Morgan fingerprint density at radius 2 is 1.85 bits per heavy atom. The van der Waals surface area contributed by atoms with Crippen LogP contribution in [0.1, 0.15) is 39.2 Å². The second-order valence-electron chi connectivity index (χ2n) is 7.18. The molecular formula is C20H31N3O3. The minimum Gasteiger partial charge on any atom is -0.496 e. The molecule has 1 aliphatic heterocycles. The molecule has 2 N–H and O–H groups in total. The van der Waals surface area contributed by atoms with E-state index in [-0.39, 0.29) is 29.8 Å². The molecule has 144 valence electrons. The molecule has 6 heteroatoms. The lowest BCUT2D eigenvalue weighted by Gasteiger charge is -2.35. The molecule has 0 aliphatic carbocycles. The molecule has 0 aromatic heterocycles. The lowest BCUT2D eigenvalue weighted by atomic mass is 9.94. The number of carbonyl (C=O) groups is 2. The molecule has 0 spiro atoms. The van der Waals surface area contributed by atoms with Crippen LogP contribution < -0.4 is 15.4 Å². The SMILES string of the molecule is COc1ccccc1CNC(=O)C(C)N1CCC(C(=O)NC(C)C)CC1. The standard InChI is InChI=1S/C20H31N3O3/c1-14(2)22-20(25)16-9-11-23(12-10-16)15(3)19(24)21-13-17-7-5-6-8-18(17)26-4/h5-8,14-16H,9-13H2,1-4H3,(H,21,24)(H,22,25). The third kappa shape index (κ3) is 5.46. The third-order valence-electron chi connectivity index (χ3n) is 4.90. The summed E-state index contributed by atoms with van der Waals surface area (Å²) in [6.07, 6.45) is 1.59. The summed E-state index contributed by atoms with van der Waals surface area (Å²) in [5, 5.41) is 5.97. The van der Waals surface area contributed by atoms with Crippen LogP contribution in [0.25, 0.3) is 0 Å². The summed E-state index contributed by atoms with van der Waals surface area (Å²) in [5.41, 5.74) is 0.958. The van der Waals surface area contributed by atoms with Crippen LogP contribution in [0.4, 0.5) is 0 Å². The molecule has 2 rings (SSSR count). The van der Waals surface area contributed by atoms with Gasteiger partial charge in [0, 0.05) is 24.1 Å². The Morgan fingerprint density at radius 1 is 1.19 bits per heavy atom. The molecule has 26 heavy (non-hydrogen) atoms. The van der Waals surface area contributed by atoms with Crippen LogP contribution in [-0.4, -0.2) is 49.0 Å². The number of amides is 2. The first kappa shape index (κ1) is 20.2. The first-order chi connectivity index (χ1) is 12.4.